The van der Waals surface area contributed by atoms with Gasteiger partial charge in [0.25, 0.3) is 0 Å². The first kappa shape index (κ1) is 9.12. The van der Waals surface area contributed by atoms with Gasteiger partial charge < -0.3 is 10.6 Å². The Labute approximate surface area is 82.6 Å². The summed E-state index contributed by atoms with van der Waals surface area (Å²) < 4.78 is 0. The zero-order chi connectivity index (χ0) is 9.26. The number of hydrogen-bond donors (Lipinski definition) is 1. The van der Waals surface area contributed by atoms with Crippen molar-refractivity contribution in [3.63, 3.8) is 0 Å². The van der Waals surface area contributed by atoms with E-state index in [9.17, 15) is 0 Å². The van der Waals surface area contributed by atoms with Crippen LogP contribution >= 0.6 is 11.3 Å². The predicted molar refractivity (Wildman–Crippen MR) is 54.9 cm³/mol. The molecule has 1 aromatic rings. The molecule has 1 atom stereocenters. The highest BCUT2D eigenvalue weighted by molar-refractivity contribution is 7.09. The monoisotopic (exact) mass is 197 g/mol. The van der Waals surface area contributed by atoms with E-state index in [4.69, 9.17) is 5.73 Å². The van der Waals surface area contributed by atoms with Gasteiger partial charge in [-0.3, -0.25) is 0 Å². The fourth-order valence-electron chi connectivity index (χ4n) is 1.78. The third kappa shape index (κ3) is 1.90. The number of hydrogen-bond acceptors (Lipinski definition) is 4. The van der Waals surface area contributed by atoms with Crippen LogP contribution in [0.4, 0.5) is 0 Å². The van der Waals surface area contributed by atoms with E-state index >= 15 is 0 Å². The predicted octanol–water partition coefficient (Wildman–Crippen LogP) is 1.02. The topological polar surface area (TPSA) is 42.1 Å². The Hall–Kier alpha value is -0.450. The third-order valence-corrected chi connectivity index (χ3v) is 3.44. The minimum absolute atomic E-state index is 0.577. The van der Waals surface area contributed by atoms with Crippen molar-refractivity contribution in [2.45, 2.75) is 18.9 Å². The first-order valence-electron chi connectivity index (χ1n) is 4.62. The van der Waals surface area contributed by atoms with Crippen LogP contribution in [0.2, 0.25) is 0 Å². The van der Waals surface area contributed by atoms with Gasteiger partial charge >= 0.3 is 0 Å². The lowest BCUT2D eigenvalue weighted by atomic mass is 10.1. The molecule has 0 aromatic carbocycles. The summed E-state index contributed by atoms with van der Waals surface area (Å²) in [5.41, 5.74) is 6.77. The van der Waals surface area contributed by atoms with Gasteiger partial charge in [0.1, 0.15) is 5.01 Å². The number of rotatable bonds is 2. The lowest BCUT2D eigenvalue weighted by Crippen LogP contribution is -2.13. The molecule has 0 amide bonds. The molecule has 1 saturated heterocycles. The van der Waals surface area contributed by atoms with Crippen molar-refractivity contribution < 1.29 is 0 Å². The number of thiazole rings is 1. The van der Waals surface area contributed by atoms with Gasteiger partial charge in [0.05, 0.1) is 5.69 Å². The quantitative estimate of drug-likeness (QED) is 0.769. The minimum Gasteiger partial charge on any atom is -0.325 e. The van der Waals surface area contributed by atoms with E-state index in [2.05, 4.69) is 22.3 Å². The second-order valence-corrected chi connectivity index (χ2v) is 4.56. The first-order valence-corrected chi connectivity index (χ1v) is 5.50. The highest BCUT2D eigenvalue weighted by atomic mass is 32.1. The Morgan fingerprint density at radius 1 is 1.77 bits per heavy atom. The van der Waals surface area contributed by atoms with Gasteiger partial charge in [-0.05, 0) is 20.0 Å². The van der Waals surface area contributed by atoms with Crippen molar-refractivity contribution in [1.29, 1.82) is 0 Å². The number of nitrogens with zero attached hydrogens (tertiary/aromatic N) is 2. The van der Waals surface area contributed by atoms with E-state index in [-0.39, 0.29) is 0 Å². The average Bonchev–Trinajstić information content (AvgIpc) is 2.71. The van der Waals surface area contributed by atoms with E-state index in [1.54, 1.807) is 11.3 Å². The van der Waals surface area contributed by atoms with Crippen LogP contribution in [0, 0.1) is 0 Å². The maximum Gasteiger partial charge on any atom is 0.106 e. The van der Waals surface area contributed by atoms with Gasteiger partial charge in [-0.15, -0.1) is 11.3 Å². The summed E-state index contributed by atoms with van der Waals surface area (Å²) in [6.45, 7) is 2.92. The molecule has 1 aliphatic rings. The van der Waals surface area contributed by atoms with Crippen molar-refractivity contribution >= 4 is 11.3 Å². The largest absolute Gasteiger partial charge is 0.325 e. The molecule has 0 saturated carbocycles. The summed E-state index contributed by atoms with van der Waals surface area (Å²) >= 11 is 1.68. The molecule has 4 heteroatoms. The normalized spacial score (nSPS) is 24.0. The first-order chi connectivity index (χ1) is 6.29. The minimum atomic E-state index is 0.577. The molecule has 13 heavy (non-hydrogen) atoms. The van der Waals surface area contributed by atoms with Crippen LogP contribution in [0.1, 0.15) is 23.0 Å². The van der Waals surface area contributed by atoms with Gasteiger partial charge in [-0.25, -0.2) is 4.98 Å². The van der Waals surface area contributed by atoms with E-state index in [1.807, 2.05) is 0 Å². The third-order valence-electron chi connectivity index (χ3n) is 2.55. The molecule has 2 rings (SSSR count). The molecule has 1 aromatic heterocycles. The lowest BCUT2D eigenvalue weighted by molar-refractivity contribution is 0.411. The maximum absolute atomic E-state index is 5.53. The van der Waals surface area contributed by atoms with Gasteiger partial charge in [-0.1, -0.05) is 0 Å². The zero-order valence-electron chi connectivity index (χ0n) is 7.86. The van der Waals surface area contributed by atoms with Gasteiger partial charge in [-0.2, -0.15) is 0 Å². The van der Waals surface area contributed by atoms with E-state index in [0.29, 0.717) is 12.5 Å². The highest BCUT2D eigenvalue weighted by Gasteiger charge is 2.22. The molecular weight excluding hydrogens is 182 g/mol. The van der Waals surface area contributed by atoms with Crippen LogP contribution in [0.3, 0.4) is 0 Å². The van der Waals surface area contributed by atoms with E-state index < -0.39 is 0 Å². The Bertz CT molecular complexity index is 284. The molecular formula is C9H15N3S. The van der Waals surface area contributed by atoms with E-state index in [0.717, 1.165) is 11.6 Å². The molecule has 0 radical (unpaired) electrons. The van der Waals surface area contributed by atoms with Gasteiger partial charge in [0, 0.05) is 24.4 Å². The number of likely N-dealkylation sites (N-methyl/N-ethyl adjacent to an activating group) is 1. The fraction of sp³-hybridized carbons (Fsp3) is 0.667. The molecule has 1 unspecified atom stereocenters. The Morgan fingerprint density at radius 2 is 2.62 bits per heavy atom. The van der Waals surface area contributed by atoms with Crippen LogP contribution < -0.4 is 5.73 Å². The summed E-state index contributed by atoms with van der Waals surface area (Å²) in [5, 5.41) is 3.22. The molecule has 3 nitrogen and oxygen atoms in total. The molecule has 1 fully saturated rings. The number of nitrogens with two attached hydrogens (primary N) is 1. The Kier molecular flexibility index (Phi) is 2.62. The Balaban J connectivity index is 2.08. The van der Waals surface area contributed by atoms with Crippen molar-refractivity contribution in [1.82, 2.24) is 9.88 Å². The van der Waals surface area contributed by atoms with Gasteiger partial charge in [0.15, 0.2) is 0 Å². The SMILES string of the molecule is CN1CCC(c2csc(CN)n2)C1. The highest BCUT2D eigenvalue weighted by Crippen LogP contribution is 2.26. The van der Waals surface area contributed by atoms with Crippen molar-refractivity contribution in [3.8, 4) is 0 Å². The molecule has 0 aliphatic carbocycles. The molecule has 2 N–H and O–H groups in total. The molecule has 72 valence electrons. The standard InChI is InChI=1S/C9H15N3S/c1-12-3-2-7(5-12)8-6-13-9(4-10)11-8/h6-7H,2-5,10H2,1H3. The van der Waals surface area contributed by atoms with Crippen LogP contribution in [-0.2, 0) is 6.54 Å². The Morgan fingerprint density at radius 3 is 3.15 bits per heavy atom. The summed E-state index contributed by atoms with van der Waals surface area (Å²) in [6, 6.07) is 0. The smallest absolute Gasteiger partial charge is 0.106 e. The number of aromatic nitrogens is 1. The van der Waals surface area contributed by atoms with Crippen molar-refractivity contribution in [2.75, 3.05) is 20.1 Å². The average molecular weight is 197 g/mol. The summed E-state index contributed by atoms with van der Waals surface area (Å²) in [7, 11) is 2.16. The van der Waals surface area contributed by atoms with Crippen molar-refractivity contribution in [3.05, 3.63) is 16.1 Å². The molecule has 0 spiro atoms. The maximum atomic E-state index is 5.53. The van der Waals surface area contributed by atoms with Crippen LogP contribution in [0.25, 0.3) is 0 Å². The van der Waals surface area contributed by atoms with Crippen LogP contribution in [0.5, 0.6) is 0 Å². The fourth-order valence-corrected chi connectivity index (χ4v) is 2.54. The lowest BCUT2D eigenvalue weighted by Gasteiger charge is -2.06. The van der Waals surface area contributed by atoms with Crippen LogP contribution in [-0.4, -0.2) is 30.0 Å². The van der Waals surface area contributed by atoms with Gasteiger partial charge in [0.2, 0.25) is 0 Å². The second-order valence-electron chi connectivity index (χ2n) is 3.62. The van der Waals surface area contributed by atoms with E-state index in [1.165, 1.54) is 18.7 Å². The number of likely N-dealkylation sites (tertiary alicyclic amines) is 1. The summed E-state index contributed by atoms with van der Waals surface area (Å²) in [4.78, 5) is 6.87. The van der Waals surface area contributed by atoms with Crippen LogP contribution in [0.15, 0.2) is 5.38 Å². The van der Waals surface area contributed by atoms with Crippen molar-refractivity contribution in [2.24, 2.45) is 5.73 Å². The molecule has 0 bridgehead atoms. The molecule has 1 aliphatic heterocycles. The zero-order valence-corrected chi connectivity index (χ0v) is 8.68. The summed E-state index contributed by atoms with van der Waals surface area (Å²) in [5.74, 6) is 0.640. The second kappa shape index (κ2) is 3.74. The molecule has 2 heterocycles. The summed E-state index contributed by atoms with van der Waals surface area (Å²) in [6.07, 6.45) is 1.24.